The lowest BCUT2D eigenvalue weighted by molar-refractivity contribution is -0.138. The Bertz CT molecular complexity index is 558. The molecule has 0 atom stereocenters. The molecular formula is C15H20ClF3N2O2. The molecule has 23 heavy (non-hydrogen) atoms. The molecule has 1 aliphatic rings. The van der Waals surface area contributed by atoms with Crippen LogP contribution >= 0.6 is 12.4 Å². The molecule has 4 nitrogen and oxygen atoms in total. The van der Waals surface area contributed by atoms with E-state index in [4.69, 9.17) is 10.5 Å². The first-order chi connectivity index (χ1) is 10.3. The number of rotatable bonds is 3. The van der Waals surface area contributed by atoms with Crippen LogP contribution in [-0.4, -0.2) is 25.7 Å². The predicted molar refractivity (Wildman–Crippen MR) is 83.6 cm³/mol. The maximum Gasteiger partial charge on any atom is 0.416 e. The van der Waals surface area contributed by atoms with Crippen molar-refractivity contribution in [3.63, 3.8) is 0 Å². The number of hydrogen-bond donors (Lipinski definition) is 2. The van der Waals surface area contributed by atoms with E-state index < -0.39 is 17.2 Å². The van der Waals surface area contributed by atoms with Crippen LogP contribution in [0.5, 0.6) is 0 Å². The van der Waals surface area contributed by atoms with Gasteiger partial charge < -0.3 is 15.8 Å². The van der Waals surface area contributed by atoms with Crippen molar-refractivity contribution in [2.24, 2.45) is 11.1 Å². The molecule has 1 aromatic carbocycles. The molecule has 0 spiro atoms. The molecule has 3 N–H and O–H groups in total. The van der Waals surface area contributed by atoms with Crippen LogP contribution in [0.3, 0.4) is 0 Å². The van der Waals surface area contributed by atoms with E-state index >= 15 is 0 Å². The normalized spacial score (nSPS) is 17.3. The Labute approximate surface area is 139 Å². The Hall–Kier alpha value is -1.31. The van der Waals surface area contributed by atoms with Crippen molar-refractivity contribution >= 4 is 24.0 Å². The van der Waals surface area contributed by atoms with E-state index in [9.17, 15) is 18.0 Å². The fourth-order valence-electron chi connectivity index (χ4n) is 2.55. The average molecular weight is 353 g/mol. The predicted octanol–water partition coefficient (Wildman–Crippen LogP) is 3.13. The Morgan fingerprint density at radius 2 is 1.96 bits per heavy atom. The summed E-state index contributed by atoms with van der Waals surface area (Å²) < 4.78 is 44.0. The van der Waals surface area contributed by atoms with Crippen molar-refractivity contribution in [3.8, 4) is 0 Å². The van der Waals surface area contributed by atoms with Gasteiger partial charge in [0.15, 0.2) is 0 Å². The molecule has 1 amide bonds. The number of alkyl halides is 3. The lowest BCUT2D eigenvalue weighted by Crippen LogP contribution is -2.46. The highest BCUT2D eigenvalue weighted by Crippen LogP contribution is 2.35. The molecule has 1 aliphatic heterocycles. The number of amides is 1. The van der Waals surface area contributed by atoms with Gasteiger partial charge in [0.05, 0.1) is 11.0 Å². The van der Waals surface area contributed by atoms with Crippen molar-refractivity contribution in [3.05, 3.63) is 29.3 Å². The molecule has 0 saturated carbocycles. The molecule has 1 aromatic rings. The number of ether oxygens (including phenoxy) is 1. The number of anilines is 1. The van der Waals surface area contributed by atoms with E-state index in [2.05, 4.69) is 5.32 Å². The quantitative estimate of drug-likeness (QED) is 0.878. The van der Waals surface area contributed by atoms with Crippen LogP contribution in [-0.2, 0) is 15.7 Å². The summed E-state index contributed by atoms with van der Waals surface area (Å²) in [5.41, 5.74) is 4.44. The fourth-order valence-corrected chi connectivity index (χ4v) is 2.55. The van der Waals surface area contributed by atoms with Gasteiger partial charge in [-0.25, -0.2) is 0 Å². The Kier molecular flexibility index (Phi) is 6.44. The van der Waals surface area contributed by atoms with Crippen LogP contribution in [0.4, 0.5) is 18.9 Å². The molecule has 0 radical (unpaired) electrons. The first kappa shape index (κ1) is 19.7. The van der Waals surface area contributed by atoms with E-state index in [0.29, 0.717) is 26.1 Å². The largest absolute Gasteiger partial charge is 0.416 e. The molecule has 2 rings (SSSR count). The summed E-state index contributed by atoms with van der Waals surface area (Å²) in [5.74, 6) is -0.352. The summed E-state index contributed by atoms with van der Waals surface area (Å²) in [6, 6.07) is 3.76. The molecule has 0 aliphatic carbocycles. The summed E-state index contributed by atoms with van der Waals surface area (Å²) in [5, 5.41) is 2.57. The first-order valence-corrected chi connectivity index (χ1v) is 7.06. The molecule has 0 unspecified atom stereocenters. The van der Waals surface area contributed by atoms with Crippen LogP contribution in [0.25, 0.3) is 0 Å². The van der Waals surface area contributed by atoms with Gasteiger partial charge in [0.1, 0.15) is 0 Å². The Morgan fingerprint density at radius 1 is 1.35 bits per heavy atom. The highest BCUT2D eigenvalue weighted by atomic mass is 35.5. The van der Waals surface area contributed by atoms with Crippen molar-refractivity contribution in [1.82, 2.24) is 0 Å². The zero-order chi connectivity index (χ0) is 16.4. The number of hydrogen-bond acceptors (Lipinski definition) is 3. The number of halogens is 4. The molecule has 1 fully saturated rings. The molecule has 0 aromatic heterocycles. The van der Waals surface area contributed by atoms with Gasteiger partial charge in [-0.2, -0.15) is 13.2 Å². The zero-order valence-electron chi connectivity index (χ0n) is 12.7. The lowest BCUT2D eigenvalue weighted by Gasteiger charge is -2.34. The number of benzene rings is 1. The van der Waals surface area contributed by atoms with Crippen LogP contribution in [0.1, 0.15) is 24.0 Å². The Balaban J connectivity index is 0.00000264. The topological polar surface area (TPSA) is 64.4 Å². The van der Waals surface area contributed by atoms with Gasteiger partial charge in [0, 0.05) is 25.4 Å². The Morgan fingerprint density at radius 3 is 2.48 bits per heavy atom. The smallest absolute Gasteiger partial charge is 0.381 e. The second-order valence-electron chi connectivity index (χ2n) is 5.58. The van der Waals surface area contributed by atoms with Crippen molar-refractivity contribution in [1.29, 1.82) is 0 Å². The van der Waals surface area contributed by atoms with E-state index in [0.717, 1.165) is 6.07 Å². The third kappa shape index (κ3) is 4.37. The fraction of sp³-hybridized carbons (Fsp3) is 0.533. The van der Waals surface area contributed by atoms with Gasteiger partial charge in [0.25, 0.3) is 0 Å². The van der Waals surface area contributed by atoms with E-state index in [1.807, 2.05) is 0 Å². The lowest BCUT2D eigenvalue weighted by atomic mass is 9.79. The summed E-state index contributed by atoms with van der Waals surface area (Å²) in [4.78, 5) is 12.4. The maximum atomic E-state index is 12.9. The molecule has 0 bridgehead atoms. The minimum atomic E-state index is -4.45. The van der Waals surface area contributed by atoms with Gasteiger partial charge in [-0.3, -0.25) is 4.79 Å². The second-order valence-corrected chi connectivity index (χ2v) is 5.58. The summed E-state index contributed by atoms with van der Waals surface area (Å²) in [7, 11) is 0. The van der Waals surface area contributed by atoms with Crippen LogP contribution in [0, 0.1) is 12.3 Å². The number of carbonyl (C=O) groups is 1. The van der Waals surface area contributed by atoms with Gasteiger partial charge in [-0.05, 0) is 37.5 Å². The highest BCUT2D eigenvalue weighted by Gasteiger charge is 2.39. The van der Waals surface area contributed by atoms with Crippen LogP contribution in [0.15, 0.2) is 18.2 Å². The summed E-state index contributed by atoms with van der Waals surface area (Å²) in [6.07, 6.45) is -3.52. The SMILES string of the molecule is Cc1ccc(NC(=O)C2(CN)CCOCC2)cc1C(F)(F)F.Cl. The van der Waals surface area contributed by atoms with Gasteiger partial charge in [-0.15, -0.1) is 12.4 Å². The second kappa shape index (κ2) is 7.51. The summed E-state index contributed by atoms with van der Waals surface area (Å²) in [6.45, 7) is 2.37. The highest BCUT2D eigenvalue weighted by molar-refractivity contribution is 5.95. The average Bonchev–Trinajstić information content (AvgIpc) is 2.48. The van der Waals surface area contributed by atoms with Gasteiger partial charge in [0.2, 0.25) is 5.91 Å². The zero-order valence-corrected chi connectivity index (χ0v) is 13.5. The van der Waals surface area contributed by atoms with Crippen LogP contribution < -0.4 is 11.1 Å². The van der Waals surface area contributed by atoms with Crippen molar-refractivity contribution in [2.75, 3.05) is 25.1 Å². The maximum absolute atomic E-state index is 12.9. The molecule has 8 heteroatoms. The van der Waals surface area contributed by atoms with Crippen LogP contribution in [0.2, 0.25) is 0 Å². The third-order valence-corrected chi connectivity index (χ3v) is 4.12. The van der Waals surface area contributed by atoms with Crippen molar-refractivity contribution in [2.45, 2.75) is 25.9 Å². The van der Waals surface area contributed by atoms with E-state index in [1.54, 1.807) is 0 Å². The molecule has 130 valence electrons. The number of carbonyl (C=O) groups excluding carboxylic acids is 1. The van der Waals surface area contributed by atoms with Crippen molar-refractivity contribution < 1.29 is 22.7 Å². The van der Waals surface area contributed by atoms with E-state index in [1.165, 1.54) is 19.1 Å². The third-order valence-electron chi connectivity index (χ3n) is 4.12. The summed E-state index contributed by atoms with van der Waals surface area (Å²) >= 11 is 0. The monoisotopic (exact) mass is 352 g/mol. The minimum absolute atomic E-state index is 0. The molecule has 1 saturated heterocycles. The minimum Gasteiger partial charge on any atom is -0.381 e. The molecular weight excluding hydrogens is 333 g/mol. The number of aryl methyl sites for hydroxylation is 1. The molecule has 1 heterocycles. The van der Waals surface area contributed by atoms with E-state index in [-0.39, 0.29) is 36.1 Å². The number of nitrogens with one attached hydrogen (secondary N) is 1. The number of nitrogens with two attached hydrogens (primary N) is 1. The van der Waals surface area contributed by atoms with Gasteiger partial charge in [-0.1, -0.05) is 6.07 Å². The van der Waals surface area contributed by atoms with Gasteiger partial charge >= 0.3 is 6.18 Å². The standard InChI is InChI=1S/C15H19F3N2O2.ClH/c1-10-2-3-11(8-12(10)15(16,17)18)20-13(21)14(9-19)4-6-22-7-5-14;/h2-3,8H,4-7,9,19H2,1H3,(H,20,21);1H. The first-order valence-electron chi connectivity index (χ1n) is 7.06.